The van der Waals surface area contributed by atoms with E-state index in [9.17, 15) is 18.0 Å². The van der Waals surface area contributed by atoms with Crippen molar-refractivity contribution in [3.05, 3.63) is 59.3 Å². The fourth-order valence-electron chi connectivity index (χ4n) is 2.99. The molecule has 140 valence electrons. The van der Waals surface area contributed by atoms with Crippen LogP contribution in [-0.2, 0) is 17.4 Å². The average molecular weight is 374 g/mol. The Labute approximate surface area is 154 Å². The summed E-state index contributed by atoms with van der Waals surface area (Å²) in [6, 6.07) is 10.2. The maximum absolute atomic E-state index is 12.8. The van der Waals surface area contributed by atoms with Crippen LogP contribution in [-0.4, -0.2) is 42.0 Å². The van der Waals surface area contributed by atoms with Crippen molar-refractivity contribution in [2.75, 3.05) is 31.1 Å². The van der Waals surface area contributed by atoms with Crippen molar-refractivity contribution in [1.82, 2.24) is 9.88 Å². The van der Waals surface area contributed by atoms with Gasteiger partial charge in [0.25, 0.3) is 0 Å². The molecule has 0 bridgehead atoms. The van der Waals surface area contributed by atoms with Gasteiger partial charge in [-0.15, -0.1) is 0 Å². The van der Waals surface area contributed by atoms with Crippen molar-refractivity contribution in [2.24, 2.45) is 0 Å². The van der Waals surface area contributed by atoms with Gasteiger partial charge < -0.3 is 9.80 Å². The van der Waals surface area contributed by atoms with Crippen molar-refractivity contribution < 1.29 is 18.0 Å². The number of hydrogen-bond donors (Lipinski definition) is 0. The predicted molar refractivity (Wildman–Crippen MR) is 92.9 cm³/mol. The van der Waals surface area contributed by atoms with E-state index < -0.39 is 11.7 Å². The van der Waals surface area contributed by atoms with E-state index in [-0.39, 0.29) is 12.3 Å². The summed E-state index contributed by atoms with van der Waals surface area (Å²) in [5, 5.41) is 8.97. The number of piperazine rings is 1. The van der Waals surface area contributed by atoms with Crippen LogP contribution in [0.2, 0.25) is 0 Å². The van der Waals surface area contributed by atoms with Crippen LogP contribution < -0.4 is 4.90 Å². The number of benzene rings is 1. The highest BCUT2D eigenvalue weighted by Gasteiger charge is 2.30. The highest BCUT2D eigenvalue weighted by molar-refractivity contribution is 5.79. The van der Waals surface area contributed by atoms with Gasteiger partial charge in [0.2, 0.25) is 5.91 Å². The molecule has 2 heterocycles. The van der Waals surface area contributed by atoms with E-state index in [1.807, 2.05) is 4.90 Å². The summed E-state index contributed by atoms with van der Waals surface area (Å²) in [5.41, 5.74) is 0.116. The summed E-state index contributed by atoms with van der Waals surface area (Å²) in [5.74, 6) is 0.478. The zero-order valence-electron chi connectivity index (χ0n) is 14.4. The van der Waals surface area contributed by atoms with Gasteiger partial charge in [0.1, 0.15) is 5.82 Å². The van der Waals surface area contributed by atoms with Crippen LogP contribution in [0.25, 0.3) is 0 Å². The quantitative estimate of drug-likeness (QED) is 0.829. The number of halogens is 3. The first-order valence-electron chi connectivity index (χ1n) is 8.42. The first kappa shape index (κ1) is 18.7. The number of rotatable bonds is 3. The second-order valence-corrected chi connectivity index (χ2v) is 6.26. The van der Waals surface area contributed by atoms with Gasteiger partial charge in [-0.2, -0.15) is 18.4 Å². The van der Waals surface area contributed by atoms with Gasteiger partial charge in [0, 0.05) is 32.4 Å². The van der Waals surface area contributed by atoms with Crippen LogP contribution in [0.1, 0.15) is 16.7 Å². The third-order valence-corrected chi connectivity index (χ3v) is 4.44. The lowest BCUT2D eigenvalue weighted by molar-refractivity contribution is -0.138. The van der Waals surface area contributed by atoms with E-state index in [1.165, 1.54) is 12.1 Å². The standard InChI is InChI=1S/C19H17F3N4O/c20-19(21,22)16-3-1-2-14(10-16)12-18(27)26-8-6-25(7-9-26)17-11-15(13-23)4-5-24-17/h1-5,10-11H,6-9,12H2. The lowest BCUT2D eigenvalue weighted by atomic mass is 10.1. The number of hydrogen-bond acceptors (Lipinski definition) is 4. The normalized spacial score (nSPS) is 14.7. The van der Waals surface area contributed by atoms with Gasteiger partial charge >= 0.3 is 6.18 Å². The molecule has 1 fully saturated rings. The number of anilines is 1. The minimum absolute atomic E-state index is 0.0634. The molecule has 0 unspecified atom stereocenters. The maximum atomic E-state index is 12.8. The molecule has 0 radical (unpaired) electrons. The van der Waals surface area contributed by atoms with E-state index in [0.717, 1.165) is 12.1 Å². The monoisotopic (exact) mass is 374 g/mol. The molecule has 1 aliphatic rings. The van der Waals surface area contributed by atoms with E-state index in [4.69, 9.17) is 5.26 Å². The third-order valence-electron chi connectivity index (χ3n) is 4.44. The molecule has 0 spiro atoms. The minimum Gasteiger partial charge on any atom is -0.353 e. The molecule has 0 atom stereocenters. The minimum atomic E-state index is -4.42. The zero-order valence-corrected chi connectivity index (χ0v) is 14.4. The number of carbonyl (C=O) groups is 1. The molecular weight excluding hydrogens is 357 g/mol. The number of nitrogens with zero attached hydrogens (tertiary/aromatic N) is 4. The van der Waals surface area contributed by atoms with Crippen LogP contribution in [0.5, 0.6) is 0 Å². The van der Waals surface area contributed by atoms with Crippen LogP contribution in [0.3, 0.4) is 0 Å². The highest BCUT2D eigenvalue weighted by atomic mass is 19.4. The van der Waals surface area contributed by atoms with Crippen LogP contribution in [0, 0.1) is 11.3 Å². The fraction of sp³-hybridized carbons (Fsp3) is 0.316. The molecule has 1 aromatic heterocycles. The Morgan fingerprint density at radius 2 is 1.89 bits per heavy atom. The Hall–Kier alpha value is -3.08. The Kier molecular flexibility index (Phi) is 5.31. The van der Waals surface area contributed by atoms with Crippen LogP contribution in [0.15, 0.2) is 42.6 Å². The number of pyridine rings is 1. The van der Waals surface area contributed by atoms with Crippen LogP contribution in [0.4, 0.5) is 19.0 Å². The molecule has 2 aromatic rings. The number of carbonyl (C=O) groups excluding carboxylic acids is 1. The molecule has 0 N–H and O–H groups in total. The smallest absolute Gasteiger partial charge is 0.353 e. The first-order valence-corrected chi connectivity index (χ1v) is 8.42. The number of aromatic nitrogens is 1. The van der Waals surface area contributed by atoms with Crippen molar-refractivity contribution in [1.29, 1.82) is 5.26 Å². The van der Waals surface area contributed by atoms with Crippen LogP contribution >= 0.6 is 0 Å². The summed E-state index contributed by atoms with van der Waals surface area (Å²) in [6.07, 6.45) is -2.92. The average Bonchev–Trinajstić information content (AvgIpc) is 2.67. The second kappa shape index (κ2) is 7.66. The Bertz CT molecular complexity index is 868. The predicted octanol–water partition coefficient (Wildman–Crippen LogP) is 2.86. The van der Waals surface area contributed by atoms with Crippen molar-refractivity contribution >= 4 is 11.7 Å². The lowest BCUT2D eigenvalue weighted by Crippen LogP contribution is -2.49. The van der Waals surface area contributed by atoms with Gasteiger partial charge in [-0.05, 0) is 23.8 Å². The van der Waals surface area contributed by atoms with Gasteiger partial charge in [0.05, 0.1) is 23.6 Å². The summed E-state index contributed by atoms with van der Waals surface area (Å²) in [7, 11) is 0. The highest BCUT2D eigenvalue weighted by Crippen LogP contribution is 2.29. The number of alkyl halides is 3. The Morgan fingerprint density at radius 1 is 1.15 bits per heavy atom. The first-order chi connectivity index (χ1) is 12.9. The lowest BCUT2D eigenvalue weighted by Gasteiger charge is -2.35. The SMILES string of the molecule is N#Cc1ccnc(N2CCN(C(=O)Cc3cccc(C(F)(F)F)c3)CC2)c1. The Morgan fingerprint density at radius 3 is 2.56 bits per heavy atom. The maximum Gasteiger partial charge on any atom is 0.416 e. The molecular formula is C19H17F3N4O. The number of nitriles is 1. The van der Waals surface area contributed by atoms with Crippen molar-refractivity contribution in [2.45, 2.75) is 12.6 Å². The van der Waals surface area contributed by atoms with Gasteiger partial charge in [-0.3, -0.25) is 4.79 Å². The molecule has 0 saturated carbocycles. The summed E-state index contributed by atoms with van der Waals surface area (Å²) < 4.78 is 38.4. The molecule has 5 nitrogen and oxygen atoms in total. The van der Waals surface area contributed by atoms with Crippen molar-refractivity contribution in [3.8, 4) is 6.07 Å². The third kappa shape index (κ3) is 4.56. The van der Waals surface area contributed by atoms with E-state index in [0.29, 0.717) is 43.1 Å². The van der Waals surface area contributed by atoms with E-state index in [2.05, 4.69) is 11.1 Å². The molecule has 3 rings (SSSR count). The Balaban J connectivity index is 1.60. The molecule has 8 heteroatoms. The number of amides is 1. The molecule has 1 aromatic carbocycles. The zero-order chi connectivity index (χ0) is 19.4. The largest absolute Gasteiger partial charge is 0.416 e. The summed E-state index contributed by atoms with van der Waals surface area (Å²) in [6.45, 7) is 2.01. The van der Waals surface area contributed by atoms with Gasteiger partial charge in [0.15, 0.2) is 0 Å². The molecule has 1 amide bonds. The van der Waals surface area contributed by atoms with Gasteiger partial charge in [-0.25, -0.2) is 4.98 Å². The molecule has 0 aliphatic carbocycles. The van der Waals surface area contributed by atoms with E-state index >= 15 is 0 Å². The summed E-state index contributed by atoms with van der Waals surface area (Å²) >= 11 is 0. The molecule has 1 saturated heterocycles. The molecule has 1 aliphatic heterocycles. The van der Waals surface area contributed by atoms with Gasteiger partial charge in [-0.1, -0.05) is 18.2 Å². The summed E-state index contributed by atoms with van der Waals surface area (Å²) in [4.78, 5) is 20.3. The van der Waals surface area contributed by atoms with E-state index in [1.54, 1.807) is 23.2 Å². The topological polar surface area (TPSA) is 60.2 Å². The second-order valence-electron chi connectivity index (χ2n) is 6.26. The van der Waals surface area contributed by atoms with Crippen molar-refractivity contribution in [3.63, 3.8) is 0 Å². The molecule has 27 heavy (non-hydrogen) atoms. The fourth-order valence-corrected chi connectivity index (χ4v) is 2.99.